The molecule has 154 valence electrons. The molecule has 1 aliphatic rings. The maximum atomic E-state index is 12.8. The standard InChI is InChI=1S/C19H25F2N3O4/c1-12(2)10-16(25)22-23-17(26)13-6-5-9-24(11-13)18(27)14-7-3-4-8-15(14)28-19(20)21/h3-4,7-8,12-13,19H,5-6,9-11H2,1-2H3,(H,22,25)(H,23,26). The fourth-order valence-corrected chi connectivity index (χ4v) is 3.04. The van der Waals surface area contributed by atoms with Gasteiger partial charge in [-0.15, -0.1) is 0 Å². The second-order valence-electron chi connectivity index (χ2n) is 7.10. The van der Waals surface area contributed by atoms with Crippen LogP contribution in [0.3, 0.4) is 0 Å². The van der Waals surface area contributed by atoms with Crippen LogP contribution >= 0.6 is 0 Å². The summed E-state index contributed by atoms with van der Waals surface area (Å²) in [5, 5.41) is 0. The molecule has 1 saturated heterocycles. The second kappa shape index (κ2) is 10.0. The van der Waals surface area contributed by atoms with E-state index in [0.717, 1.165) is 0 Å². The molecule has 0 radical (unpaired) electrons. The van der Waals surface area contributed by atoms with Crippen molar-refractivity contribution >= 4 is 17.7 Å². The number of rotatable bonds is 6. The molecule has 28 heavy (non-hydrogen) atoms. The first-order chi connectivity index (χ1) is 13.3. The number of hydrogen-bond acceptors (Lipinski definition) is 4. The van der Waals surface area contributed by atoms with Gasteiger partial charge in [0, 0.05) is 19.5 Å². The third-order valence-corrected chi connectivity index (χ3v) is 4.33. The van der Waals surface area contributed by atoms with E-state index in [1.165, 1.54) is 23.1 Å². The number of nitrogens with zero attached hydrogens (tertiary/aromatic N) is 1. The van der Waals surface area contributed by atoms with E-state index in [2.05, 4.69) is 15.6 Å². The van der Waals surface area contributed by atoms with Gasteiger partial charge < -0.3 is 9.64 Å². The Balaban J connectivity index is 1.98. The summed E-state index contributed by atoms with van der Waals surface area (Å²) in [6, 6.07) is 5.78. The summed E-state index contributed by atoms with van der Waals surface area (Å²) >= 11 is 0. The van der Waals surface area contributed by atoms with Crippen LogP contribution in [0.1, 0.15) is 43.5 Å². The van der Waals surface area contributed by atoms with Crippen molar-refractivity contribution in [1.82, 2.24) is 15.8 Å². The zero-order valence-corrected chi connectivity index (χ0v) is 15.9. The van der Waals surface area contributed by atoms with E-state index in [-0.39, 0.29) is 42.0 Å². The average Bonchev–Trinajstić information content (AvgIpc) is 2.65. The van der Waals surface area contributed by atoms with Gasteiger partial charge in [0.1, 0.15) is 5.75 Å². The molecule has 1 fully saturated rings. The average molecular weight is 397 g/mol. The van der Waals surface area contributed by atoms with Gasteiger partial charge in [0.2, 0.25) is 11.8 Å². The number of piperidine rings is 1. The number of ether oxygens (including phenoxy) is 1. The van der Waals surface area contributed by atoms with Crippen LogP contribution in [0.4, 0.5) is 8.78 Å². The lowest BCUT2D eigenvalue weighted by Crippen LogP contribution is -2.50. The summed E-state index contributed by atoms with van der Waals surface area (Å²) in [6.45, 7) is 1.28. The van der Waals surface area contributed by atoms with Crippen LogP contribution in [0.15, 0.2) is 24.3 Å². The van der Waals surface area contributed by atoms with E-state index in [9.17, 15) is 23.2 Å². The molecule has 0 saturated carbocycles. The van der Waals surface area contributed by atoms with E-state index < -0.39 is 18.4 Å². The normalized spacial score (nSPS) is 16.8. The number of benzene rings is 1. The van der Waals surface area contributed by atoms with Crippen molar-refractivity contribution < 1.29 is 27.9 Å². The highest BCUT2D eigenvalue weighted by Gasteiger charge is 2.30. The zero-order valence-electron chi connectivity index (χ0n) is 15.9. The highest BCUT2D eigenvalue weighted by atomic mass is 19.3. The molecular formula is C19H25F2N3O4. The van der Waals surface area contributed by atoms with Crippen molar-refractivity contribution in [2.75, 3.05) is 13.1 Å². The Hall–Kier alpha value is -2.71. The predicted molar refractivity (Wildman–Crippen MR) is 97.4 cm³/mol. The number of carbonyl (C=O) groups is 3. The molecule has 2 rings (SSSR count). The van der Waals surface area contributed by atoms with Gasteiger partial charge in [-0.1, -0.05) is 26.0 Å². The number of hydrazine groups is 1. The third kappa shape index (κ3) is 6.17. The van der Waals surface area contributed by atoms with Crippen molar-refractivity contribution in [1.29, 1.82) is 0 Å². The Bertz CT molecular complexity index is 712. The molecule has 1 atom stereocenters. The molecule has 1 aromatic carbocycles. The first-order valence-electron chi connectivity index (χ1n) is 9.19. The van der Waals surface area contributed by atoms with Crippen molar-refractivity contribution in [2.45, 2.75) is 39.7 Å². The Labute approximate surface area is 162 Å². The number of likely N-dealkylation sites (tertiary alicyclic amines) is 1. The maximum absolute atomic E-state index is 12.8. The zero-order chi connectivity index (χ0) is 20.7. The number of para-hydroxylation sites is 1. The van der Waals surface area contributed by atoms with Crippen molar-refractivity contribution in [3.63, 3.8) is 0 Å². The summed E-state index contributed by atoms with van der Waals surface area (Å²) in [5.41, 5.74) is 4.79. The van der Waals surface area contributed by atoms with Gasteiger partial charge >= 0.3 is 6.61 Å². The quantitative estimate of drug-likeness (QED) is 0.722. The van der Waals surface area contributed by atoms with Crippen molar-refractivity contribution in [2.24, 2.45) is 11.8 Å². The molecule has 3 amide bonds. The number of alkyl halides is 2. The lowest BCUT2D eigenvalue weighted by atomic mass is 9.96. The topological polar surface area (TPSA) is 87.7 Å². The molecule has 1 aliphatic heterocycles. The lowest BCUT2D eigenvalue weighted by Gasteiger charge is -2.32. The van der Waals surface area contributed by atoms with Gasteiger partial charge in [0.25, 0.3) is 5.91 Å². The molecule has 0 aromatic heterocycles. The van der Waals surface area contributed by atoms with Gasteiger partial charge in [0.05, 0.1) is 11.5 Å². The number of carbonyl (C=O) groups excluding carboxylic acids is 3. The van der Waals surface area contributed by atoms with Crippen LogP contribution in [0.5, 0.6) is 5.75 Å². The summed E-state index contributed by atoms with van der Waals surface area (Å²) in [6.07, 6.45) is 1.43. The van der Waals surface area contributed by atoms with Gasteiger partial charge in [-0.25, -0.2) is 0 Å². The van der Waals surface area contributed by atoms with Crippen molar-refractivity contribution in [3.8, 4) is 5.75 Å². The first-order valence-corrected chi connectivity index (χ1v) is 9.19. The smallest absolute Gasteiger partial charge is 0.387 e. The van der Waals surface area contributed by atoms with Crippen molar-refractivity contribution in [3.05, 3.63) is 29.8 Å². The number of nitrogens with one attached hydrogen (secondary N) is 2. The van der Waals surface area contributed by atoms with Crippen LogP contribution in [0, 0.1) is 11.8 Å². The summed E-state index contributed by atoms with van der Waals surface area (Å²) < 4.78 is 29.6. The minimum absolute atomic E-state index is 0.0223. The van der Waals surface area contributed by atoms with Gasteiger partial charge in [-0.05, 0) is 30.9 Å². The first kappa shape index (κ1) is 21.6. The van der Waals surface area contributed by atoms with Crippen LogP contribution in [-0.4, -0.2) is 42.3 Å². The third-order valence-electron chi connectivity index (χ3n) is 4.33. The molecule has 0 bridgehead atoms. The largest absolute Gasteiger partial charge is 0.434 e. The fourth-order valence-electron chi connectivity index (χ4n) is 3.04. The van der Waals surface area contributed by atoms with Gasteiger partial charge in [0.15, 0.2) is 0 Å². The second-order valence-corrected chi connectivity index (χ2v) is 7.10. The molecule has 1 heterocycles. The molecule has 2 N–H and O–H groups in total. The number of halogens is 2. The molecule has 7 nitrogen and oxygen atoms in total. The van der Waals surface area contributed by atoms with Crippen LogP contribution in [0.25, 0.3) is 0 Å². The highest BCUT2D eigenvalue weighted by molar-refractivity contribution is 5.97. The van der Waals surface area contributed by atoms with E-state index in [1.807, 2.05) is 13.8 Å². The minimum Gasteiger partial charge on any atom is -0.434 e. The Morgan fingerprint density at radius 1 is 1.21 bits per heavy atom. The van der Waals surface area contributed by atoms with E-state index in [1.54, 1.807) is 6.07 Å². The summed E-state index contributed by atoms with van der Waals surface area (Å²) in [7, 11) is 0. The minimum atomic E-state index is -3.04. The van der Waals surface area contributed by atoms with Crippen LogP contribution in [-0.2, 0) is 9.59 Å². The summed E-state index contributed by atoms with van der Waals surface area (Å²) in [4.78, 5) is 38.2. The SMILES string of the molecule is CC(C)CC(=O)NNC(=O)C1CCCN(C(=O)c2ccccc2OC(F)F)C1. The van der Waals surface area contributed by atoms with E-state index >= 15 is 0 Å². The summed E-state index contributed by atoms with van der Waals surface area (Å²) in [5.74, 6) is -1.68. The van der Waals surface area contributed by atoms with E-state index in [0.29, 0.717) is 19.4 Å². The molecule has 9 heteroatoms. The Morgan fingerprint density at radius 3 is 2.61 bits per heavy atom. The molecule has 1 unspecified atom stereocenters. The van der Waals surface area contributed by atoms with Gasteiger partial charge in [-0.3, -0.25) is 25.2 Å². The number of hydrogen-bond donors (Lipinski definition) is 2. The fraction of sp³-hybridized carbons (Fsp3) is 0.526. The molecule has 0 spiro atoms. The van der Waals surface area contributed by atoms with Crippen LogP contribution in [0.2, 0.25) is 0 Å². The highest BCUT2D eigenvalue weighted by Crippen LogP contribution is 2.25. The predicted octanol–water partition coefficient (Wildman–Crippen LogP) is 2.33. The maximum Gasteiger partial charge on any atom is 0.387 e. The van der Waals surface area contributed by atoms with Gasteiger partial charge in [-0.2, -0.15) is 8.78 Å². The Morgan fingerprint density at radius 2 is 1.93 bits per heavy atom. The number of amides is 3. The lowest BCUT2D eigenvalue weighted by molar-refractivity contribution is -0.132. The van der Waals surface area contributed by atoms with E-state index in [4.69, 9.17) is 0 Å². The molecule has 1 aromatic rings. The Kier molecular flexibility index (Phi) is 7.71. The molecular weight excluding hydrogens is 372 g/mol. The monoisotopic (exact) mass is 397 g/mol. The molecule has 0 aliphatic carbocycles. The van der Waals surface area contributed by atoms with Crippen LogP contribution < -0.4 is 15.6 Å².